The quantitative estimate of drug-likeness (QED) is 0.152. The summed E-state index contributed by atoms with van der Waals surface area (Å²) >= 11 is 0. The first-order chi connectivity index (χ1) is 29.9. The predicted molar refractivity (Wildman–Crippen MR) is 264 cm³/mol. The molecule has 0 unspecified atom stereocenters. The van der Waals surface area contributed by atoms with Gasteiger partial charge in [-0.25, -0.2) is 0 Å². The van der Waals surface area contributed by atoms with E-state index in [0.29, 0.717) is 0 Å². The lowest BCUT2D eigenvalue weighted by Gasteiger charge is -2.31. The molecule has 10 aromatic carbocycles. The molecule has 11 rings (SSSR count). The molecule has 0 atom stereocenters. The molecule has 2 nitrogen and oxygen atoms in total. The molecule has 1 aliphatic carbocycles. The Morgan fingerprint density at radius 3 is 1.15 bits per heavy atom. The number of fused-ring (bicyclic) bond motifs is 7. The van der Waals surface area contributed by atoms with Gasteiger partial charge in [-0.1, -0.05) is 185 Å². The van der Waals surface area contributed by atoms with Gasteiger partial charge in [0.25, 0.3) is 0 Å². The van der Waals surface area contributed by atoms with Gasteiger partial charge in [-0.3, -0.25) is 0 Å². The molecule has 0 aliphatic heterocycles. The molecule has 0 N–H and O–H groups in total. The first-order valence-electron chi connectivity index (χ1n) is 21.1. The van der Waals surface area contributed by atoms with E-state index in [2.05, 4.69) is 231 Å². The Labute approximate surface area is 357 Å². The maximum atomic E-state index is 4.15. The Hall–Kier alpha value is -7.68. The van der Waals surface area contributed by atoms with Crippen LogP contribution >= 0.6 is 0 Å². The van der Waals surface area contributed by atoms with Crippen molar-refractivity contribution in [2.45, 2.75) is 19.3 Å². The van der Waals surface area contributed by atoms with E-state index in [0.717, 1.165) is 45.3 Å². The van der Waals surface area contributed by atoms with Crippen molar-refractivity contribution in [2.24, 2.45) is 0 Å². The van der Waals surface area contributed by atoms with Crippen LogP contribution in [0.25, 0.3) is 66.4 Å². The molecule has 0 amide bonds. The van der Waals surface area contributed by atoms with Crippen LogP contribution in [-0.4, -0.2) is 0 Å². The lowest BCUT2D eigenvalue weighted by molar-refractivity contribution is 0.660. The summed E-state index contributed by atoms with van der Waals surface area (Å²) in [6, 6.07) is 71.2. The van der Waals surface area contributed by atoms with Crippen molar-refractivity contribution in [1.29, 1.82) is 0 Å². The fourth-order valence-corrected chi connectivity index (χ4v) is 9.97. The number of hydrogen-bond acceptors (Lipinski definition) is 2. The summed E-state index contributed by atoms with van der Waals surface area (Å²) in [7, 11) is 0. The first-order valence-corrected chi connectivity index (χ1v) is 21.1. The number of hydrogen-bond donors (Lipinski definition) is 0. The molecule has 0 heterocycles. The maximum Gasteiger partial charge on any atom is 0.0540 e. The van der Waals surface area contributed by atoms with Gasteiger partial charge in [0, 0.05) is 38.3 Å². The molecule has 1 aliphatic rings. The van der Waals surface area contributed by atoms with Crippen molar-refractivity contribution in [3.8, 4) is 11.1 Å². The van der Waals surface area contributed by atoms with Crippen LogP contribution in [0.5, 0.6) is 0 Å². The van der Waals surface area contributed by atoms with Crippen LogP contribution in [-0.2, 0) is 5.41 Å². The molecule has 0 radical (unpaired) electrons. The Morgan fingerprint density at radius 1 is 0.361 bits per heavy atom. The van der Waals surface area contributed by atoms with Gasteiger partial charge in [0.05, 0.1) is 22.7 Å². The minimum atomic E-state index is -0.297. The zero-order valence-electron chi connectivity index (χ0n) is 34.4. The van der Waals surface area contributed by atoms with E-state index in [9.17, 15) is 0 Å². The standard InChI is InChI=1S/C59H44N2/c1-5-39-29-35-57(51-25-13-11-21-45(39)51)60(55-27-15-19-41-17-7-9-23-47(41)55)43-31-33-49-50-34-32-44(38-54(50)59(3,4)53(49)37-43)61(56-28-16-20-42-18-8-10-24-48(42)56)58-36-30-40(6-2)46-22-12-14-26-52(46)58/h5-38H,1-2H2,3-4H3. The van der Waals surface area contributed by atoms with E-state index in [4.69, 9.17) is 0 Å². The van der Waals surface area contributed by atoms with Crippen molar-refractivity contribution >= 4 is 89.4 Å². The number of nitrogens with zero attached hydrogens (tertiary/aromatic N) is 2. The van der Waals surface area contributed by atoms with Crippen LogP contribution in [0.4, 0.5) is 34.1 Å². The fourth-order valence-electron chi connectivity index (χ4n) is 9.97. The van der Waals surface area contributed by atoms with Crippen LogP contribution in [0.3, 0.4) is 0 Å². The Kier molecular flexibility index (Phi) is 8.51. The smallest absolute Gasteiger partial charge is 0.0540 e. The minimum Gasteiger partial charge on any atom is -0.309 e. The van der Waals surface area contributed by atoms with Crippen LogP contribution in [0.1, 0.15) is 36.1 Å². The van der Waals surface area contributed by atoms with Gasteiger partial charge in [0.15, 0.2) is 0 Å². The van der Waals surface area contributed by atoms with Crippen molar-refractivity contribution in [1.82, 2.24) is 0 Å². The second-order valence-corrected chi connectivity index (χ2v) is 16.6. The fraction of sp³-hybridized carbons (Fsp3) is 0.0508. The third-order valence-electron chi connectivity index (χ3n) is 13.0. The van der Waals surface area contributed by atoms with Crippen LogP contribution < -0.4 is 9.80 Å². The average molecular weight is 781 g/mol. The van der Waals surface area contributed by atoms with Gasteiger partial charge >= 0.3 is 0 Å². The van der Waals surface area contributed by atoms with E-state index in [1.165, 1.54) is 65.3 Å². The van der Waals surface area contributed by atoms with Crippen molar-refractivity contribution in [3.63, 3.8) is 0 Å². The van der Waals surface area contributed by atoms with Gasteiger partial charge in [0.2, 0.25) is 0 Å². The Bertz CT molecular complexity index is 3170. The largest absolute Gasteiger partial charge is 0.309 e. The topological polar surface area (TPSA) is 6.48 Å². The average Bonchev–Trinajstić information content (AvgIpc) is 3.54. The van der Waals surface area contributed by atoms with Gasteiger partial charge in [-0.2, -0.15) is 0 Å². The van der Waals surface area contributed by atoms with Crippen LogP contribution in [0.15, 0.2) is 207 Å². The summed E-state index contributed by atoms with van der Waals surface area (Å²) < 4.78 is 0. The molecule has 2 heteroatoms. The Balaban J connectivity index is 1.10. The lowest BCUT2D eigenvalue weighted by Crippen LogP contribution is -2.18. The maximum absolute atomic E-state index is 4.15. The van der Waals surface area contributed by atoms with E-state index < -0.39 is 0 Å². The molecule has 0 fully saturated rings. The van der Waals surface area contributed by atoms with Crippen molar-refractivity contribution < 1.29 is 0 Å². The van der Waals surface area contributed by atoms with Crippen LogP contribution in [0.2, 0.25) is 0 Å². The number of anilines is 6. The third kappa shape index (κ3) is 5.71. The first kappa shape index (κ1) is 36.4. The summed E-state index contributed by atoms with van der Waals surface area (Å²) in [5.41, 5.74) is 13.9. The predicted octanol–water partition coefficient (Wildman–Crippen LogP) is 16.8. The van der Waals surface area contributed by atoms with Crippen molar-refractivity contribution in [2.75, 3.05) is 9.80 Å². The zero-order chi connectivity index (χ0) is 41.2. The zero-order valence-corrected chi connectivity index (χ0v) is 34.4. The van der Waals surface area contributed by atoms with E-state index in [-0.39, 0.29) is 5.41 Å². The van der Waals surface area contributed by atoms with Gasteiger partial charge in [-0.15, -0.1) is 0 Å². The highest BCUT2D eigenvalue weighted by Gasteiger charge is 2.37. The highest BCUT2D eigenvalue weighted by atomic mass is 15.2. The highest BCUT2D eigenvalue weighted by molar-refractivity contribution is 6.09. The molecular weight excluding hydrogens is 737 g/mol. The second-order valence-electron chi connectivity index (χ2n) is 16.6. The number of benzene rings is 10. The second kappa shape index (κ2) is 14.3. The van der Waals surface area contributed by atoms with Crippen molar-refractivity contribution in [3.05, 3.63) is 230 Å². The summed E-state index contributed by atoms with van der Waals surface area (Å²) in [5, 5.41) is 9.56. The SMILES string of the molecule is C=Cc1ccc(N(c2ccc3c(c2)C(C)(C)c2cc(N(c4cccc5ccccc45)c4ccc(C=C)c5ccccc45)ccc2-3)c2cccc3ccccc23)c2ccccc12. The molecule has 0 spiro atoms. The van der Waals surface area contributed by atoms with Gasteiger partial charge < -0.3 is 9.80 Å². The van der Waals surface area contributed by atoms with Gasteiger partial charge in [-0.05, 0) is 103 Å². The molecular formula is C59H44N2. The van der Waals surface area contributed by atoms with Gasteiger partial charge in [0.1, 0.15) is 0 Å². The summed E-state index contributed by atoms with van der Waals surface area (Å²) in [4.78, 5) is 4.92. The normalized spacial score (nSPS) is 12.7. The van der Waals surface area contributed by atoms with E-state index in [1.807, 2.05) is 12.2 Å². The molecule has 61 heavy (non-hydrogen) atoms. The van der Waals surface area contributed by atoms with E-state index in [1.54, 1.807) is 0 Å². The molecule has 290 valence electrons. The van der Waals surface area contributed by atoms with E-state index >= 15 is 0 Å². The summed E-state index contributed by atoms with van der Waals surface area (Å²) in [5.74, 6) is 0. The highest BCUT2D eigenvalue weighted by Crippen LogP contribution is 2.54. The lowest BCUT2D eigenvalue weighted by atomic mass is 9.82. The molecule has 0 bridgehead atoms. The molecule has 0 saturated carbocycles. The summed E-state index contributed by atoms with van der Waals surface area (Å²) in [6.07, 6.45) is 3.91. The van der Waals surface area contributed by atoms with Crippen LogP contribution in [0, 0.1) is 0 Å². The summed E-state index contributed by atoms with van der Waals surface area (Å²) in [6.45, 7) is 13.1. The Morgan fingerprint density at radius 2 is 0.721 bits per heavy atom. The molecule has 0 saturated heterocycles. The molecule has 10 aromatic rings. The third-order valence-corrected chi connectivity index (χ3v) is 13.0. The molecule has 0 aromatic heterocycles. The minimum absolute atomic E-state index is 0.297. The number of rotatable bonds is 8. The monoisotopic (exact) mass is 780 g/mol.